The number of hydrogen-bond acceptors (Lipinski definition) is 1. The van der Waals surface area contributed by atoms with Crippen LogP contribution in [0, 0.1) is 12.8 Å². The molecule has 98 valence electrons. The predicted octanol–water partition coefficient (Wildman–Crippen LogP) is 5.01. The molecule has 0 radical (unpaired) electrons. The van der Waals surface area contributed by atoms with Crippen LogP contribution in [-0.2, 0) is 5.41 Å². The number of fused-ring (bicyclic) bond motifs is 4. The normalized spacial score (nSPS) is 37.3. The monoisotopic (exact) mass is 420 g/mol. The van der Waals surface area contributed by atoms with E-state index in [2.05, 4.69) is 71.4 Å². The first-order valence-electron chi connectivity index (χ1n) is 6.48. The van der Waals surface area contributed by atoms with Crippen molar-refractivity contribution < 1.29 is 4.74 Å². The van der Waals surface area contributed by atoms with Gasteiger partial charge in [0.25, 0.3) is 0 Å². The molecular weight excluding hydrogens is 403 g/mol. The van der Waals surface area contributed by atoms with E-state index < -0.39 is 0 Å². The van der Waals surface area contributed by atoms with Gasteiger partial charge >= 0.3 is 0 Å². The summed E-state index contributed by atoms with van der Waals surface area (Å²) in [4.78, 5) is 0. The van der Waals surface area contributed by atoms with E-state index in [1.54, 1.807) is 0 Å². The second-order valence-corrected chi connectivity index (χ2v) is 7.65. The van der Waals surface area contributed by atoms with E-state index in [0.717, 1.165) is 10.2 Å². The van der Waals surface area contributed by atoms with Crippen molar-refractivity contribution in [2.75, 3.05) is 4.43 Å². The molecule has 0 spiro atoms. The lowest BCUT2D eigenvalue weighted by Crippen LogP contribution is -2.49. The molecule has 2 aliphatic rings. The molecule has 1 heterocycles. The Kier molecular flexibility index (Phi) is 3.02. The van der Waals surface area contributed by atoms with Gasteiger partial charge in [0.1, 0.15) is 11.4 Å². The maximum atomic E-state index is 6.44. The van der Waals surface area contributed by atoms with Gasteiger partial charge in [-0.1, -0.05) is 52.4 Å². The highest BCUT2D eigenvalue weighted by atomic mass is 127. The lowest BCUT2D eigenvalue weighted by atomic mass is 9.70. The molecule has 18 heavy (non-hydrogen) atoms. The van der Waals surface area contributed by atoms with E-state index in [-0.39, 0.29) is 11.0 Å². The molecule has 3 unspecified atom stereocenters. The molecule has 0 amide bonds. The lowest BCUT2D eigenvalue weighted by molar-refractivity contribution is 0.0287. The molecule has 3 heteroatoms. The van der Waals surface area contributed by atoms with E-state index in [1.807, 2.05) is 0 Å². The molecule has 1 aromatic rings. The van der Waals surface area contributed by atoms with Gasteiger partial charge in [0, 0.05) is 25.8 Å². The van der Waals surface area contributed by atoms with Crippen LogP contribution in [0.25, 0.3) is 0 Å². The smallest absolute Gasteiger partial charge is 0.124 e. The molecule has 2 bridgehead atoms. The number of aryl methyl sites for hydroxylation is 1. The van der Waals surface area contributed by atoms with Crippen molar-refractivity contribution >= 4 is 38.5 Å². The summed E-state index contributed by atoms with van der Waals surface area (Å²) in [6.07, 6.45) is 2.42. The molecule has 1 aliphatic heterocycles. The van der Waals surface area contributed by atoms with Crippen LogP contribution < -0.4 is 4.74 Å². The minimum atomic E-state index is 0.0581. The molecule has 3 rings (SSSR count). The Labute approximate surface area is 131 Å². The zero-order chi connectivity index (χ0) is 13.1. The molecule has 1 fully saturated rings. The molecule has 1 aliphatic carbocycles. The second-order valence-electron chi connectivity index (χ2n) is 6.04. The topological polar surface area (TPSA) is 9.23 Å². The zero-order valence-electron chi connectivity index (χ0n) is 11.0. The maximum Gasteiger partial charge on any atom is 0.124 e. The van der Waals surface area contributed by atoms with Gasteiger partial charge in [0.05, 0.1) is 0 Å². The average Bonchev–Trinajstić information content (AvgIpc) is 2.52. The molecule has 1 saturated carbocycles. The summed E-state index contributed by atoms with van der Waals surface area (Å²) >= 11 is 6.15. The van der Waals surface area contributed by atoms with Crippen LogP contribution in [0.3, 0.4) is 0 Å². The Morgan fingerprint density at radius 3 is 2.83 bits per heavy atom. The van der Waals surface area contributed by atoms with E-state index in [9.17, 15) is 0 Å². The molecule has 0 aromatic heterocycles. The largest absolute Gasteiger partial charge is 0.486 e. The van der Waals surface area contributed by atoms with Crippen molar-refractivity contribution in [3.8, 4) is 5.75 Å². The third kappa shape index (κ3) is 1.55. The average molecular weight is 421 g/mol. The number of rotatable bonds is 1. The highest BCUT2D eigenvalue weighted by Crippen LogP contribution is 2.59. The van der Waals surface area contributed by atoms with Gasteiger partial charge in [-0.25, -0.2) is 0 Å². The van der Waals surface area contributed by atoms with Crippen LogP contribution in [0.4, 0.5) is 0 Å². The summed E-state index contributed by atoms with van der Waals surface area (Å²) < 4.78 is 8.73. The zero-order valence-corrected chi connectivity index (χ0v) is 14.8. The van der Waals surface area contributed by atoms with Gasteiger partial charge in [-0.3, -0.25) is 0 Å². The number of halogens is 2. The maximum absolute atomic E-state index is 6.44. The van der Waals surface area contributed by atoms with Gasteiger partial charge < -0.3 is 4.74 Å². The fourth-order valence-corrected chi connectivity index (χ4v) is 5.15. The quantitative estimate of drug-likeness (QED) is 0.458. The van der Waals surface area contributed by atoms with Gasteiger partial charge in [0.2, 0.25) is 0 Å². The van der Waals surface area contributed by atoms with E-state index in [0.29, 0.717) is 5.92 Å². The van der Waals surface area contributed by atoms with Crippen LogP contribution in [0.1, 0.15) is 37.8 Å². The number of ether oxygens (including phenoxy) is 1. The van der Waals surface area contributed by atoms with Gasteiger partial charge in [0.15, 0.2) is 0 Å². The standard InChI is InChI=1S/C15H18BrIO/c1-9-6-13-11(7-12(9)16)14(3)4-5-15(8-17,18-13)10(14)2/h6-7,10H,4-5,8H2,1-3H3. The molecular formula is C15H18BrIO. The summed E-state index contributed by atoms with van der Waals surface area (Å²) in [6.45, 7) is 6.91. The van der Waals surface area contributed by atoms with Crippen LogP contribution in [0.5, 0.6) is 5.75 Å². The minimum Gasteiger partial charge on any atom is -0.486 e. The fraction of sp³-hybridized carbons (Fsp3) is 0.600. The van der Waals surface area contributed by atoms with E-state index in [4.69, 9.17) is 4.74 Å². The second kappa shape index (κ2) is 4.11. The fourth-order valence-electron chi connectivity index (χ4n) is 3.61. The Hall–Kier alpha value is 0.230. The summed E-state index contributed by atoms with van der Waals surface area (Å²) in [7, 11) is 0. The SMILES string of the molecule is Cc1cc2c(cc1Br)C1(C)CCC(CI)(O2)C1C. The predicted molar refractivity (Wildman–Crippen MR) is 86.9 cm³/mol. The highest BCUT2D eigenvalue weighted by molar-refractivity contribution is 14.1. The first-order chi connectivity index (χ1) is 8.43. The Morgan fingerprint density at radius 1 is 1.44 bits per heavy atom. The lowest BCUT2D eigenvalue weighted by Gasteiger charge is -2.45. The Bertz CT molecular complexity index is 515. The van der Waals surface area contributed by atoms with Crippen LogP contribution >= 0.6 is 38.5 Å². The number of hydrogen-bond donors (Lipinski definition) is 0. The van der Waals surface area contributed by atoms with Gasteiger partial charge in [-0.15, -0.1) is 0 Å². The van der Waals surface area contributed by atoms with Crippen molar-refractivity contribution in [3.63, 3.8) is 0 Å². The molecule has 0 saturated heterocycles. The molecule has 1 nitrogen and oxygen atoms in total. The molecule has 1 aromatic carbocycles. The number of benzene rings is 1. The van der Waals surface area contributed by atoms with Crippen LogP contribution in [0.15, 0.2) is 16.6 Å². The van der Waals surface area contributed by atoms with E-state index >= 15 is 0 Å². The molecule has 0 N–H and O–H groups in total. The summed E-state index contributed by atoms with van der Waals surface area (Å²) in [6, 6.07) is 4.49. The van der Waals surface area contributed by atoms with Crippen molar-refractivity contribution in [3.05, 3.63) is 27.7 Å². The Balaban J connectivity index is 2.22. The van der Waals surface area contributed by atoms with Crippen molar-refractivity contribution in [2.45, 2.75) is 44.6 Å². The first kappa shape index (κ1) is 13.2. The van der Waals surface area contributed by atoms with Crippen molar-refractivity contribution in [1.82, 2.24) is 0 Å². The molecule has 3 atom stereocenters. The van der Waals surface area contributed by atoms with Crippen LogP contribution in [0.2, 0.25) is 0 Å². The van der Waals surface area contributed by atoms with E-state index in [1.165, 1.54) is 28.4 Å². The van der Waals surface area contributed by atoms with Gasteiger partial charge in [-0.05, 0) is 37.5 Å². The van der Waals surface area contributed by atoms with Crippen molar-refractivity contribution in [1.29, 1.82) is 0 Å². The number of alkyl halides is 1. The summed E-state index contributed by atoms with van der Waals surface area (Å²) in [5.41, 5.74) is 2.98. The summed E-state index contributed by atoms with van der Waals surface area (Å²) in [5.74, 6) is 1.70. The van der Waals surface area contributed by atoms with Crippen molar-refractivity contribution in [2.24, 2.45) is 5.92 Å². The third-order valence-corrected chi connectivity index (χ3v) is 7.37. The summed E-state index contributed by atoms with van der Waals surface area (Å²) in [5, 5.41) is 0. The minimum absolute atomic E-state index is 0.0581. The van der Waals surface area contributed by atoms with Crippen LogP contribution in [-0.4, -0.2) is 10.0 Å². The Morgan fingerprint density at radius 2 is 2.17 bits per heavy atom. The van der Waals surface area contributed by atoms with Gasteiger partial charge in [-0.2, -0.15) is 0 Å². The first-order valence-corrected chi connectivity index (χ1v) is 8.80. The third-order valence-electron chi connectivity index (χ3n) is 5.23. The highest BCUT2D eigenvalue weighted by Gasteiger charge is 2.58.